The van der Waals surface area contributed by atoms with Gasteiger partial charge in [-0.05, 0) is 0 Å². The second-order valence-corrected chi connectivity index (χ2v) is 2.82. The van der Waals surface area contributed by atoms with Crippen molar-refractivity contribution >= 4 is 5.97 Å². The number of carbonyl (C=O) groups is 1. The van der Waals surface area contributed by atoms with E-state index in [-0.39, 0.29) is 12.7 Å². The van der Waals surface area contributed by atoms with Gasteiger partial charge in [-0.1, -0.05) is 0 Å². The fourth-order valence-corrected chi connectivity index (χ4v) is 1.16. The number of carboxylic acid groups (broad SMARTS) is 1. The summed E-state index contributed by atoms with van der Waals surface area (Å²) in [6.45, 7) is 1.70. The molecule has 1 saturated heterocycles. The molecule has 1 aliphatic heterocycles. The van der Waals surface area contributed by atoms with Crippen LogP contribution in [-0.4, -0.2) is 53.5 Å². The molecule has 1 unspecified atom stereocenters. The largest absolute Gasteiger partial charge is 0.478 e. The quantitative estimate of drug-likeness (QED) is 0.570. The van der Waals surface area contributed by atoms with Crippen molar-refractivity contribution < 1.29 is 19.7 Å². The zero-order valence-electron chi connectivity index (χ0n) is 7.22. The van der Waals surface area contributed by atoms with Crippen LogP contribution in [0.1, 0.15) is 0 Å². The summed E-state index contributed by atoms with van der Waals surface area (Å²) in [7, 11) is 0. The fraction of sp³-hybridized carbons (Fsp3) is 0.625. The molecule has 1 aliphatic rings. The Morgan fingerprint density at radius 1 is 1.69 bits per heavy atom. The number of rotatable bonds is 3. The molecule has 0 radical (unpaired) electrons. The molecule has 5 nitrogen and oxygen atoms in total. The standard InChI is InChI=1S/C8H13NO4/c10-6-7-5-9(3-4-13-7)2-1-8(11)12/h1-2,7,10H,3-6H2,(H,11,12)/b2-1+. The Morgan fingerprint density at radius 2 is 2.46 bits per heavy atom. The van der Waals surface area contributed by atoms with Gasteiger partial charge in [0.15, 0.2) is 0 Å². The average molecular weight is 187 g/mol. The van der Waals surface area contributed by atoms with Gasteiger partial charge in [0.1, 0.15) is 0 Å². The Labute approximate surface area is 76.2 Å². The van der Waals surface area contributed by atoms with E-state index in [9.17, 15) is 4.79 Å². The number of ether oxygens (including phenoxy) is 1. The maximum atomic E-state index is 10.2. The molecule has 0 saturated carbocycles. The van der Waals surface area contributed by atoms with Crippen LogP contribution >= 0.6 is 0 Å². The lowest BCUT2D eigenvalue weighted by molar-refractivity contribution is -0.131. The molecule has 0 spiro atoms. The minimum Gasteiger partial charge on any atom is -0.478 e. The first-order chi connectivity index (χ1) is 6.22. The summed E-state index contributed by atoms with van der Waals surface area (Å²) in [5, 5.41) is 17.2. The lowest BCUT2D eigenvalue weighted by Gasteiger charge is -2.30. The second kappa shape index (κ2) is 4.84. The molecule has 5 heteroatoms. The summed E-state index contributed by atoms with van der Waals surface area (Å²) in [5.41, 5.74) is 0. The molecule has 1 heterocycles. The molecule has 13 heavy (non-hydrogen) atoms. The van der Waals surface area contributed by atoms with Crippen LogP contribution in [0.2, 0.25) is 0 Å². The predicted octanol–water partition coefficient (Wildman–Crippen LogP) is -0.722. The van der Waals surface area contributed by atoms with Crippen molar-refractivity contribution in [2.24, 2.45) is 0 Å². The van der Waals surface area contributed by atoms with Crippen LogP contribution < -0.4 is 0 Å². The summed E-state index contributed by atoms with van der Waals surface area (Å²) in [4.78, 5) is 12.0. The van der Waals surface area contributed by atoms with Crippen molar-refractivity contribution in [3.05, 3.63) is 12.3 Å². The number of hydrogen-bond acceptors (Lipinski definition) is 4. The van der Waals surface area contributed by atoms with Gasteiger partial charge in [0, 0.05) is 25.4 Å². The lowest BCUT2D eigenvalue weighted by Crippen LogP contribution is -2.41. The van der Waals surface area contributed by atoms with Gasteiger partial charge in [0.25, 0.3) is 0 Å². The van der Waals surface area contributed by atoms with E-state index >= 15 is 0 Å². The first-order valence-electron chi connectivity index (χ1n) is 4.10. The molecule has 0 aliphatic carbocycles. The smallest absolute Gasteiger partial charge is 0.329 e. The van der Waals surface area contributed by atoms with Crippen LogP contribution in [-0.2, 0) is 9.53 Å². The van der Waals surface area contributed by atoms with Gasteiger partial charge in [-0.15, -0.1) is 0 Å². The fourth-order valence-electron chi connectivity index (χ4n) is 1.16. The summed E-state index contributed by atoms with van der Waals surface area (Å²) in [6, 6.07) is 0. The highest BCUT2D eigenvalue weighted by Gasteiger charge is 2.16. The van der Waals surface area contributed by atoms with Crippen molar-refractivity contribution in [2.75, 3.05) is 26.3 Å². The number of carboxylic acids is 1. The molecule has 1 rings (SSSR count). The van der Waals surface area contributed by atoms with E-state index in [1.807, 2.05) is 4.90 Å². The molecule has 0 bridgehead atoms. The Hall–Kier alpha value is -1.07. The van der Waals surface area contributed by atoms with Crippen LogP contribution in [0.15, 0.2) is 12.3 Å². The van der Waals surface area contributed by atoms with E-state index in [0.29, 0.717) is 19.7 Å². The highest BCUT2D eigenvalue weighted by atomic mass is 16.5. The maximum absolute atomic E-state index is 10.2. The number of morpholine rings is 1. The third-order valence-corrected chi connectivity index (χ3v) is 1.80. The third kappa shape index (κ3) is 3.43. The van der Waals surface area contributed by atoms with Crippen LogP contribution in [0.4, 0.5) is 0 Å². The van der Waals surface area contributed by atoms with E-state index in [1.165, 1.54) is 6.20 Å². The minimum atomic E-state index is -0.966. The molecule has 1 fully saturated rings. The molecule has 2 N–H and O–H groups in total. The van der Waals surface area contributed by atoms with Crippen molar-refractivity contribution in [1.82, 2.24) is 4.90 Å². The Kier molecular flexibility index (Phi) is 3.72. The molecule has 0 aromatic heterocycles. The number of aliphatic hydroxyl groups excluding tert-OH is 1. The van der Waals surface area contributed by atoms with Gasteiger partial charge in [-0.3, -0.25) is 0 Å². The van der Waals surface area contributed by atoms with E-state index in [0.717, 1.165) is 6.08 Å². The molecular weight excluding hydrogens is 174 g/mol. The first-order valence-corrected chi connectivity index (χ1v) is 4.10. The zero-order chi connectivity index (χ0) is 9.68. The third-order valence-electron chi connectivity index (χ3n) is 1.80. The van der Waals surface area contributed by atoms with E-state index in [4.69, 9.17) is 14.9 Å². The van der Waals surface area contributed by atoms with Crippen LogP contribution in [0.5, 0.6) is 0 Å². The monoisotopic (exact) mass is 187 g/mol. The lowest BCUT2D eigenvalue weighted by atomic mass is 10.3. The zero-order valence-corrected chi connectivity index (χ0v) is 7.22. The Bertz CT molecular complexity index is 204. The number of hydrogen-bond donors (Lipinski definition) is 2. The number of aliphatic hydroxyl groups is 1. The van der Waals surface area contributed by atoms with Crippen molar-refractivity contribution in [3.8, 4) is 0 Å². The van der Waals surface area contributed by atoms with Gasteiger partial charge < -0.3 is 19.8 Å². The number of aliphatic carboxylic acids is 1. The maximum Gasteiger partial charge on any atom is 0.329 e. The highest BCUT2D eigenvalue weighted by molar-refractivity contribution is 5.79. The topological polar surface area (TPSA) is 70.0 Å². The van der Waals surface area contributed by atoms with Crippen molar-refractivity contribution in [2.45, 2.75) is 6.10 Å². The van der Waals surface area contributed by atoms with E-state index in [2.05, 4.69) is 0 Å². The van der Waals surface area contributed by atoms with Gasteiger partial charge >= 0.3 is 5.97 Å². The first kappa shape index (κ1) is 10.0. The van der Waals surface area contributed by atoms with Gasteiger partial charge in [0.05, 0.1) is 19.3 Å². The van der Waals surface area contributed by atoms with Gasteiger partial charge in [-0.25, -0.2) is 4.79 Å². The van der Waals surface area contributed by atoms with Crippen LogP contribution in [0.3, 0.4) is 0 Å². The Morgan fingerprint density at radius 3 is 3.08 bits per heavy atom. The molecule has 0 amide bonds. The minimum absolute atomic E-state index is 0.0303. The number of nitrogens with zero attached hydrogens (tertiary/aromatic N) is 1. The molecular formula is C8H13NO4. The van der Waals surface area contributed by atoms with Gasteiger partial charge in [0.2, 0.25) is 0 Å². The molecule has 1 atom stereocenters. The highest BCUT2D eigenvalue weighted by Crippen LogP contribution is 2.04. The van der Waals surface area contributed by atoms with E-state index < -0.39 is 5.97 Å². The summed E-state index contributed by atoms with van der Waals surface area (Å²) in [6.07, 6.45) is 2.39. The van der Waals surface area contributed by atoms with E-state index in [1.54, 1.807) is 0 Å². The molecule has 0 aromatic rings. The summed E-state index contributed by atoms with van der Waals surface area (Å²) >= 11 is 0. The predicted molar refractivity (Wildman–Crippen MR) is 45.2 cm³/mol. The second-order valence-electron chi connectivity index (χ2n) is 2.82. The van der Waals surface area contributed by atoms with Crippen molar-refractivity contribution in [3.63, 3.8) is 0 Å². The van der Waals surface area contributed by atoms with Crippen LogP contribution in [0.25, 0.3) is 0 Å². The normalized spacial score (nSPS) is 23.8. The summed E-state index contributed by atoms with van der Waals surface area (Å²) < 4.78 is 5.19. The van der Waals surface area contributed by atoms with Crippen molar-refractivity contribution in [1.29, 1.82) is 0 Å². The average Bonchev–Trinajstić information content (AvgIpc) is 2.15. The Balaban J connectivity index is 2.38. The molecule has 74 valence electrons. The van der Waals surface area contributed by atoms with Gasteiger partial charge in [-0.2, -0.15) is 0 Å². The summed E-state index contributed by atoms with van der Waals surface area (Å²) in [5.74, 6) is -0.966. The van der Waals surface area contributed by atoms with Crippen LogP contribution in [0, 0.1) is 0 Å². The molecule has 0 aromatic carbocycles. The SMILES string of the molecule is O=C(O)/C=C/N1CCOC(CO)C1.